The Hall–Kier alpha value is -4.72. The van der Waals surface area contributed by atoms with E-state index in [0.717, 1.165) is 16.0 Å². The molecule has 38 heavy (non-hydrogen) atoms. The molecule has 0 saturated carbocycles. The van der Waals surface area contributed by atoms with Gasteiger partial charge in [-0.15, -0.1) is 6.58 Å². The number of ether oxygens (including phenoxy) is 2. The molecule has 0 radical (unpaired) electrons. The average molecular weight is 515 g/mol. The van der Waals surface area contributed by atoms with Crippen molar-refractivity contribution in [3.05, 3.63) is 106 Å². The molecule has 3 aromatic rings. The lowest BCUT2D eigenvalue weighted by atomic mass is 10.0. The van der Waals surface area contributed by atoms with Gasteiger partial charge in [0.25, 0.3) is 11.8 Å². The van der Waals surface area contributed by atoms with E-state index in [2.05, 4.69) is 11.9 Å². The van der Waals surface area contributed by atoms with Crippen molar-refractivity contribution in [2.24, 2.45) is 0 Å². The molecule has 1 fully saturated rings. The fourth-order valence-electron chi connectivity index (χ4n) is 4.31. The molecule has 7 nitrogen and oxygen atoms in total. The first-order valence-electron chi connectivity index (χ1n) is 11.9. The van der Waals surface area contributed by atoms with Crippen molar-refractivity contribution in [3.63, 3.8) is 0 Å². The van der Waals surface area contributed by atoms with Crippen LogP contribution >= 0.6 is 0 Å². The highest BCUT2D eigenvalue weighted by Gasteiger charge is 2.37. The Bertz CT molecular complexity index is 1460. The maximum atomic E-state index is 13.6. The average Bonchev–Trinajstić information content (AvgIpc) is 2.85. The van der Waals surface area contributed by atoms with Crippen molar-refractivity contribution in [2.45, 2.75) is 26.9 Å². The molecule has 1 N–H and O–H groups in total. The standard InChI is InChI=1S/C30H27FN2O5/c1-5-7-22-13-21(16-26(37-4)27(22)38-17-20-8-6-9-23(31)14-20)15-25-28(34)32-30(36)33(29(25)35)24-11-18(2)10-19(3)12-24/h5-6,8-16H,1,7,17H2,2-4H3,(H,32,34,36)/b25-15+. The van der Waals surface area contributed by atoms with Crippen molar-refractivity contribution in [1.29, 1.82) is 0 Å². The fourth-order valence-corrected chi connectivity index (χ4v) is 4.31. The minimum absolute atomic E-state index is 0.104. The number of imide groups is 2. The number of nitrogens with one attached hydrogen (secondary N) is 1. The van der Waals surface area contributed by atoms with Crippen LogP contribution in [0.4, 0.5) is 14.9 Å². The molecule has 0 atom stereocenters. The molecule has 3 aromatic carbocycles. The highest BCUT2D eigenvalue weighted by Crippen LogP contribution is 2.35. The van der Waals surface area contributed by atoms with Gasteiger partial charge in [0.15, 0.2) is 11.5 Å². The number of anilines is 1. The second-order valence-corrected chi connectivity index (χ2v) is 8.93. The van der Waals surface area contributed by atoms with E-state index in [4.69, 9.17) is 9.47 Å². The van der Waals surface area contributed by atoms with Crippen molar-refractivity contribution in [1.82, 2.24) is 5.32 Å². The van der Waals surface area contributed by atoms with E-state index >= 15 is 0 Å². The summed E-state index contributed by atoms with van der Waals surface area (Å²) in [6.45, 7) is 7.61. The molecule has 8 heteroatoms. The van der Waals surface area contributed by atoms with Crippen molar-refractivity contribution >= 4 is 29.6 Å². The number of barbiturate groups is 1. The van der Waals surface area contributed by atoms with Crippen LogP contribution in [0.25, 0.3) is 6.08 Å². The van der Waals surface area contributed by atoms with Crippen LogP contribution in [-0.4, -0.2) is 25.0 Å². The molecule has 0 spiro atoms. The zero-order valence-electron chi connectivity index (χ0n) is 21.3. The molecule has 0 aliphatic carbocycles. The van der Waals surface area contributed by atoms with Crippen LogP contribution < -0.4 is 19.7 Å². The monoisotopic (exact) mass is 514 g/mol. The predicted octanol–water partition coefficient (Wildman–Crippen LogP) is 5.43. The fraction of sp³-hybridized carbons (Fsp3) is 0.167. The van der Waals surface area contributed by atoms with E-state index in [1.807, 2.05) is 19.9 Å². The summed E-state index contributed by atoms with van der Waals surface area (Å²) >= 11 is 0. The third-order valence-corrected chi connectivity index (χ3v) is 5.89. The van der Waals surface area contributed by atoms with Crippen LogP contribution in [0.15, 0.2) is 72.8 Å². The number of benzene rings is 3. The van der Waals surface area contributed by atoms with E-state index in [-0.39, 0.29) is 18.0 Å². The Kier molecular flexibility index (Phi) is 7.71. The maximum Gasteiger partial charge on any atom is 0.335 e. The molecule has 4 amide bonds. The molecule has 4 rings (SSSR count). The molecule has 1 aliphatic heterocycles. The van der Waals surface area contributed by atoms with Crippen LogP contribution in [0.2, 0.25) is 0 Å². The van der Waals surface area contributed by atoms with E-state index < -0.39 is 17.8 Å². The van der Waals surface area contributed by atoms with Crippen LogP contribution in [0.1, 0.15) is 27.8 Å². The van der Waals surface area contributed by atoms with E-state index in [9.17, 15) is 18.8 Å². The SMILES string of the molecule is C=CCc1cc(/C=C2\C(=O)NC(=O)N(c3cc(C)cc(C)c3)C2=O)cc(OC)c1OCc1cccc(F)c1. The summed E-state index contributed by atoms with van der Waals surface area (Å²) in [6, 6.07) is 14.0. The van der Waals surface area contributed by atoms with Crippen molar-refractivity contribution < 1.29 is 28.2 Å². The number of aryl methyl sites for hydroxylation is 2. The first kappa shape index (κ1) is 26.3. The van der Waals surface area contributed by atoms with Crippen molar-refractivity contribution in [2.75, 3.05) is 12.0 Å². The maximum absolute atomic E-state index is 13.6. The molecule has 1 saturated heterocycles. The predicted molar refractivity (Wildman–Crippen MR) is 143 cm³/mol. The van der Waals surface area contributed by atoms with Gasteiger partial charge in [0.05, 0.1) is 12.8 Å². The van der Waals surface area contributed by atoms with Gasteiger partial charge >= 0.3 is 6.03 Å². The lowest BCUT2D eigenvalue weighted by Crippen LogP contribution is -2.54. The molecule has 1 aliphatic rings. The third-order valence-electron chi connectivity index (χ3n) is 5.89. The zero-order chi connectivity index (χ0) is 27.4. The van der Waals surface area contributed by atoms with Gasteiger partial charge in [-0.05, 0) is 85.0 Å². The summed E-state index contributed by atoms with van der Waals surface area (Å²) < 4.78 is 25.1. The quantitative estimate of drug-likeness (QED) is 0.246. The summed E-state index contributed by atoms with van der Waals surface area (Å²) in [7, 11) is 1.47. The number of carbonyl (C=O) groups excluding carboxylic acids is 3. The van der Waals surface area contributed by atoms with Gasteiger partial charge in [-0.25, -0.2) is 14.1 Å². The highest BCUT2D eigenvalue weighted by atomic mass is 19.1. The summed E-state index contributed by atoms with van der Waals surface area (Å²) in [5, 5.41) is 2.25. The Labute approximate surface area is 220 Å². The van der Waals surface area contributed by atoms with Crippen LogP contribution in [0.5, 0.6) is 11.5 Å². The minimum atomic E-state index is -0.812. The number of hydrogen-bond acceptors (Lipinski definition) is 5. The van der Waals surface area contributed by atoms with Crippen LogP contribution in [0.3, 0.4) is 0 Å². The largest absolute Gasteiger partial charge is 0.493 e. The molecular formula is C30H27FN2O5. The van der Waals surface area contributed by atoms with Gasteiger partial charge in [-0.2, -0.15) is 0 Å². The van der Waals surface area contributed by atoms with Gasteiger partial charge in [-0.3, -0.25) is 14.9 Å². The number of allylic oxidation sites excluding steroid dienone is 1. The topological polar surface area (TPSA) is 84.9 Å². The summed E-state index contributed by atoms with van der Waals surface area (Å²) in [4.78, 5) is 39.6. The normalized spacial score (nSPS) is 14.5. The number of urea groups is 1. The Balaban J connectivity index is 1.71. The first-order chi connectivity index (χ1) is 18.2. The molecule has 1 heterocycles. The van der Waals surface area contributed by atoms with Gasteiger partial charge in [0.1, 0.15) is 18.0 Å². The molecule has 194 valence electrons. The number of methoxy groups -OCH3 is 1. The van der Waals surface area contributed by atoms with E-state index in [1.165, 1.54) is 25.3 Å². The number of nitrogens with zero attached hydrogens (tertiary/aromatic N) is 1. The summed E-state index contributed by atoms with van der Waals surface area (Å²) in [6.07, 6.45) is 3.49. The zero-order valence-corrected chi connectivity index (χ0v) is 21.3. The van der Waals surface area contributed by atoms with Gasteiger partial charge < -0.3 is 9.47 Å². The second-order valence-electron chi connectivity index (χ2n) is 8.93. The lowest BCUT2D eigenvalue weighted by molar-refractivity contribution is -0.122. The Morgan fingerprint density at radius 1 is 1.03 bits per heavy atom. The third kappa shape index (κ3) is 5.64. The number of rotatable bonds is 8. The summed E-state index contributed by atoms with van der Waals surface area (Å²) in [5.41, 5.74) is 3.73. The molecule has 0 bridgehead atoms. The Morgan fingerprint density at radius 3 is 2.42 bits per heavy atom. The van der Waals surface area contributed by atoms with Gasteiger partial charge in [0.2, 0.25) is 0 Å². The van der Waals surface area contributed by atoms with Gasteiger partial charge in [0, 0.05) is 5.56 Å². The van der Waals surface area contributed by atoms with Gasteiger partial charge in [-0.1, -0.05) is 24.3 Å². The Morgan fingerprint density at radius 2 is 1.76 bits per heavy atom. The second kappa shape index (κ2) is 11.1. The number of halogens is 1. The smallest absolute Gasteiger partial charge is 0.335 e. The number of amides is 4. The highest BCUT2D eigenvalue weighted by molar-refractivity contribution is 6.39. The van der Waals surface area contributed by atoms with Crippen LogP contribution in [-0.2, 0) is 22.6 Å². The molecule has 0 aromatic heterocycles. The van der Waals surface area contributed by atoms with Crippen molar-refractivity contribution in [3.8, 4) is 11.5 Å². The molecule has 0 unspecified atom stereocenters. The number of hydrogen-bond donors (Lipinski definition) is 1. The summed E-state index contributed by atoms with van der Waals surface area (Å²) in [5.74, 6) is -1.10. The van der Waals surface area contributed by atoms with E-state index in [1.54, 1.807) is 42.5 Å². The lowest BCUT2D eigenvalue weighted by Gasteiger charge is -2.27. The molecular weight excluding hydrogens is 487 g/mol. The van der Waals surface area contributed by atoms with E-state index in [0.29, 0.717) is 40.3 Å². The van der Waals surface area contributed by atoms with Crippen LogP contribution in [0, 0.1) is 19.7 Å². The first-order valence-corrected chi connectivity index (χ1v) is 11.9. The number of carbonyl (C=O) groups is 3. The minimum Gasteiger partial charge on any atom is -0.493 e.